The van der Waals surface area contributed by atoms with Crippen molar-refractivity contribution in [1.82, 2.24) is 5.32 Å². The van der Waals surface area contributed by atoms with E-state index in [4.69, 9.17) is 0 Å². The van der Waals surface area contributed by atoms with Crippen molar-refractivity contribution in [3.8, 4) is 0 Å². The van der Waals surface area contributed by atoms with Crippen molar-refractivity contribution in [2.45, 2.75) is 25.1 Å². The van der Waals surface area contributed by atoms with Gasteiger partial charge < -0.3 is 5.32 Å². The van der Waals surface area contributed by atoms with E-state index in [2.05, 4.69) is 41.3 Å². The highest BCUT2D eigenvalue weighted by Gasteiger charge is 2.17. The van der Waals surface area contributed by atoms with E-state index in [9.17, 15) is 10.1 Å². The lowest BCUT2D eigenvalue weighted by atomic mass is 10.1. The normalized spacial score (nSPS) is 11.6. The van der Waals surface area contributed by atoms with Crippen LogP contribution in [0.15, 0.2) is 22.7 Å². The Morgan fingerprint density at radius 3 is 2.72 bits per heavy atom. The summed E-state index contributed by atoms with van der Waals surface area (Å²) in [5.41, 5.74) is 0.860. The number of thioether (sulfide) groups is 1. The molecule has 1 aromatic carbocycles. The van der Waals surface area contributed by atoms with Gasteiger partial charge in [0, 0.05) is 33.9 Å². The lowest BCUT2D eigenvalue weighted by Crippen LogP contribution is -2.31. The zero-order chi connectivity index (χ0) is 13.8. The van der Waals surface area contributed by atoms with E-state index in [1.165, 1.54) is 6.07 Å². The number of rotatable bonds is 6. The Hall–Kier alpha value is -0.590. The molecule has 100 valence electrons. The van der Waals surface area contributed by atoms with Crippen molar-refractivity contribution in [2.24, 2.45) is 0 Å². The molecule has 1 rings (SSSR count). The lowest BCUT2D eigenvalue weighted by Gasteiger charge is -2.22. The van der Waals surface area contributed by atoms with Crippen LogP contribution >= 0.6 is 27.7 Å². The molecule has 0 spiro atoms. The topological polar surface area (TPSA) is 55.2 Å². The third-order valence-electron chi connectivity index (χ3n) is 2.66. The summed E-state index contributed by atoms with van der Waals surface area (Å²) >= 11 is 5.02. The first-order chi connectivity index (χ1) is 8.35. The highest BCUT2D eigenvalue weighted by molar-refractivity contribution is 9.10. The first kappa shape index (κ1) is 15.5. The zero-order valence-electron chi connectivity index (χ0n) is 10.7. The Kier molecular flexibility index (Phi) is 5.62. The second kappa shape index (κ2) is 6.54. The monoisotopic (exact) mass is 332 g/mol. The maximum Gasteiger partial charge on any atom is 0.275 e. The molecule has 0 aliphatic rings. The van der Waals surface area contributed by atoms with Crippen molar-refractivity contribution < 1.29 is 4.92 Å². The molecular formula is C12H17BrN2O2S. The first-order valence-electron chi connectivity index (χ1n) is 5.54. The summed E-state index contributed by atoms with van der Waals surface area (Å²) in [4.78, 5) is 10.6. The summed E-state index contributed by atoms with van der Waals surface area (Å²) in [5.74, 6) is 0. The number of hydrogen-bond donors (Lipinski definition) is 1. The predicted octanol–water partition coefficient (Wildman–Crippen LogP) is 3.59. The van der Waals surface area contributed by atoms with E-state index in [1.807, 2.05) is 6.07 Å². The van der Waals surface area contributed by atoms with Gasteiger partial charge in [-0.25, -0.2) is 0 Å². The molecule has 0 radical (unpaired) electrons. The second-order valence-electron chi connectivity index (χ2n) is 4.60. The fourth-order valence-corrected chi connectivity index (χ4v) is 2.02. The quantitative estimate of drug-likeness (QED) is 0.638. The van der Waals surface area contributed by atoms with Crippen LogP contribution in [-0.2, 0) is 6.54 Å². The molecule has 0 bridgehead atoms. The van der Waals surface area contributed by atoms with Gasteiger partial charge in [-0.15, -0.1) is 0 Å². The Labute approximate surface area is 120 Å². The number of nitro benzene ring substituents is 1. The standard InChI is InChI=1S/C12H17BrN2O2S/c1-12(2,18-3)8-14-7-9-4-5-10(13)6-11(9)15(16)17/h4-6,14H,7-8H2,1-3H3. The summed E-state index contributed by atoms with van der Waals surface area (Å²) in [6.45, 7) is 5.59. The van der Waals surface area contributed by atoms with Gasteiger partial charge in [-0.1, -0.05) is 15.9 Å². The van der Waals surface area contributed by atoms with E-state index in [-0.39, 0.29) is 15.4 Å². The van der Waals surface area contributed by atoms with Crippen LogP contribution in [0.4, 0.5) is 5.69 Å². The largest absolute Gasteiger partial charge is 0.311 e. The zero-order valence-corrected chi connectivity index (χ0v) is 13.1. The highest BCUT2D eigenvalue weighted by atomic mass is 79.9. The van der Waals surface area contributed by atoms with Gasteiger partial charge in [-0.05, 0) is 32.2 Å². The van der Waals surface area contributed by atoms with Gasteiger partial charge in [0.25, 0.3) is 5.69 Å². The van der Waals surface area contributed by atoms with Gasteiger partial charge in [0.2, 0.25) is 0 Å². The van der Waals surface area contributed by atoms with Crippen LogP contribution in [0, 0.1) is 10.1 Å². The molecule has 1 N–H and O–H groups in total. The van der Waals surface area contributed by atoms with Gasteiger partial charge in [0.1, 0.15) is 0 Å². The molecule has 0 unspecified atom stereocenters. The number of benzene rings is 1. The second-order valence-corrected chi connectivity index (χ2v) is 7.03. The third-order valence-corrected chi connectivity index (χ3v) is 4.41. The van der Waals surface area contributed by atoms with Crippen LogP contribution in [0.3, 0.4) is 0 Å². The van der Waals surface area contributed by atoms with Crippen molar-refractivity contribution in [3.63, 3.8) is 0 Å². The minimum absolute atomic E-state index is 0.129. The first-order valence-corrected chi connectivity index (χ1v) is 7.56. The molecule has 1 aromatic rings. The van der Waals surface area contributed by atoms with Crippen molar-refractivity contribution in [2.75, 3.05) is 12.8 Å². The van der Waals surface area contributed by atoms with Gasteiger partial charge in [-0.2, -0.15) is 11.8 Å². The smallest absolute Gasteiger partial charge is 0.275 e. The number of hydrogen-bond acceptors (Lipinski definition) is 4. The minimum Gasteiger partial charge on any atom is -0.311 e. The van der Waals surface area contributed by atoms with Gasteiger partial charge >= 0.3 is 0 Å². The molecule has 0 aliphatic heterocycles. The Morgan fingerprint density at radius 1 is 1.50 bits per heavy atom. The van der Waals surface area contributed by atoms with Crippen molar-refractivity contribution in [1.29, 1.82) is 0 Å². The Balaban J connectivity index is 2.70. The Morgan fingerprint density at radius 2 is 2.17 bits per heavy atom. The van der Waals surface area contributed by atoms with E-state index >= 15 is 0 Å². The molecule has 0 amide bonds. The van der Waals surface area contributed by atoms with E-state index in [0.29, 0.717) is 12.1 Å². The van der Waals surface area contributed by atoms with Crippen molar-refractivity contribution in [3.05, 3.63) is 38.3 Å². The van der Waals surface area contributed by atoms with Gasteiger partial charge in [0.15, 0.2) is 0 Å². The maximum atomic E-state index is 10.9. The summed E-state index contributed by atoms with van der Waals surface area (Å²) in [5, 5.41) is 14.2. The molecule has 0 fully saturated rings. The molecule has 0 atom stereocenters. The highest BCUT2D eigenvalue weighted by Crippen LogP contribution is 2.24. The summed E-state index contributed by atoms with van der Waals surface area (Å²) in [7, 11) is 0. The van der Waals surface area contributed by atoms with Crippen molar-refractivity contribution >= 4 is 33.4 Å². The third kappa shape index (κ3) is 4.59. The average molecular weight is 333 g/mol. The fourth-order valence-electron chi connectivity index (χ4n) is 1.43. The summed E-state index contributed by atoms with van der Waals surface area (Å²) in [6, 6.07) is 5.14. The van der Waals surface area contributed by atoms with Crippen LogP contribution in [0.5, 0.6) is 0 Å². The lowest BCUT2D eigenvalue weighted by molar-refractivity contribution is -0.385. The molecule has 18 heavy (non-hydrogen) atoms. The van der Waals surface area contributed by atoms with Crippen LogP contribution < -0.4 is 5.32 Å². The molecule has 0 heterocycles. The summed E-state index contributed by atoms with van der Waals surface area (Å²) < 4.78 is 0.854. The SMILES string of the molecule is CSC(C)(C)CNCc1ccc(Br)cc1[N+](=O)[O-]. The molecular weight excluding hydrogens is 316 g/mol. The number of nitro groups is 1. The fraction of sp³-hybridized carbons (Fsp3) is 0.500. The molecule has 4 nitrogen and oxygen atoms in total. The van der Waals surface area contributed by atoms with E-state index in [1.54, 1.807) is 17.8 Å². The number of nitrogens with one attached hydrogen (secondary N) is 1. The van der Waals surface area contributed by atoms with Crippen LogP contribution in [-0.4, -0.2) is 22.5 Å². The molecule has 0 saturated heterocycles. The van der Waals surface area contributed by atoms with Gasteiger partial charge in [-0.3, -0.25) is 10.1 Å². The molecule has 6 heteroatoms. The predicted molar refractivity (Wildman–Crippen MR) is 80.1 cm³/mol. The number of nitrogens with zero attached hydrogens (tertiary/aromatic N) is 1. The molecule has 0 saturated carbocycles. The minimum atomic E-state index is -0.346. The van der Waals surface area contributed by atoms with Crippen LogP contribution in [0.1, 0.15) is 19.4 Å². The average Bonchev–Trinajstić information content (AvgIpc) is 2.30. The van der Waals surface area contributed by atoms with Crippen LogP contribution in [0.2, 0.25) is 0 Å². The molecule has 0 aromatic heterocycles. The summed E-state index contributed by atoms with van der Waals surface area (Å²) in [6.07, 6.45) is 2.06. The number of halogens is 1. The van der Waals surface area contributed by atoms with E-state index in [0.717, 1.165) is 11.0 Å². The Bertz CT molecular complexity index is 438. The van der Waals surface area contributed by atoms with Gasteiger partial charge in [0.05, 0.1) is 4.92 Å². The maximum absolute atomic E-state index is 10.9. The van der Waals surface area contributed by atoms with E-state index < -0.39 is 0 Å². The van der Waals surface area contributed by atoms with Crippen LogP contribution in [0.25, 0.3) is 0 Å². The molecule has 0 aliphatic carbocycles.